The van der Waals surface area contributed by atoms with Gasteiger partial charge in [0.2, 0.25) is 5.91 Å². The van der Waals surface area contributed by atoms with Crippen molar-refractivity contribution in [3.05, 3.63) is 89.6 Å². The van der Waals surface area contributed by atoms with Crippen molar-refractivity contribution < 1.29 is 14.5 Å². The standard InChI is InChI=1S/C24H18Br2N4O5S/c1-13-7-8-20(35-2)19(9-13)29-23(32)15-5-3-4-6-18(15)27-24(29)36-12-21(31)28-22-16(25)10-14(30(33)34)11-17(22)26/h3-11H,12H2,1-2H3,(H,28,31). The average molecular weight is 634 g/mol. The Morgan fingerprint density at radius 2 is 1.86 bits per heavy atom. The van der Waals surface area contributed by atoms with Gasteiger partial charge in [0, 0.05) is 21.1 Å². The summed E-state index contributed by atoms with van der Waals surface area (Å²) < 4.78 is 7.66. The number of aryl methyl sites for hydroxylation is 1. The van der Waals surface area contributed by atoms with E-state index in [4.69, 9.17) is 4.74 Å². The van der Waals surface area contributed by atoms with Crippen molar-refractivity contribution >= 4 is 71.8 Å². The molecule has 1 heterocycles. The fourth-order valence-electron chi connectivity index (χ4n) is 3.49. The summed E-state index contributed by atoms with van der Waals surface area (Å²) in [6.45, 7) is 1.91. The molecule has 0 bridgehead atoms. The van der Waals surface area contributed by atoms with E-state index in [1.807, 2.05) is 19.1 Å². The van der Waals surface area contributed by atoms with Gasteiger partial charge < -0.3 is 10.1 Å². The highest BCUT2D eigenvalue weighted by Crippen LogP contribution is 2.35. The van der Waals surface area contributed by atoms with E-state index in [9.17, 15) is 19.7 Å². The van der Waals surface area contributed by atoms with E-state index < -0.39 is 4.92 Å². The molecule has 1 aromatic heterocycles. The van der Waals surface area contributed by atoms with Crippen LogP contribution in [0.4, 0.5) is 11.4 Å². The van der Waals surface area contributed by atoms with Crippen LogP contribution in [0.25, 0.3) is 16.6 Å². The van der Waals surface area contributed by atoms with Crippen molar-refractivity contribution in [2.45, 2.75) is 12.1 Å². The third-order valence-corrected chi connectivity index (χ3v) is 7.34. The van der Waals surface area contributed by atoms with E-state index in [0.717, 1.165) is 17.3 Å². The number of non-ortho nitro benzene ring substituents is 1. The van der Waals surface area contributed by atoms with Crippen LogP contribution in [0.5, 0.6) is 5.75 Å². The molecule has 0 spiro atoms. The normalized spacial score (nSPS) is 10.9. The fraction of sp³-hybridized carbons (Fsp3) is 0.125. The summed E-state index contributed by atoms with van der Waals surface area (Å²) in [5.41, 5.74) is 1.90. The molecule has 0 atom stereocenters. The van der Waals surface area contributed by atoms with Crippen molar-refractivity contribution in [3.63, 3.8) is 0 Å². The highest BCUT2D eigenvalue weighted by molar-refractivity contribution is 9.11. The molecule has 12 heteroatoms. The van der Waals surface area contributed by atoms with E-state index in [0.29, 0.717) is 42.1 Å². The van der Waals surface area contributed by atoms with Crippen LogP contribution < -0.4 is 15.6 Å². The number of carbonyl (C=O) groups excluding carboxylic acids is 1. The number of nitrogens with one attached hydrogen (secondary N) is 1. The van der Waals surface area contributed by atoms with Crippen LogP contribution in [0.15, 0.2) is 73.5 Å². The lowest BCUT2D eigenvalue weighted by atomic mass is 10.2. The van der Waals surface area contributed by atoms with Gasteiger partial charge >= 0.3 is 0 Å². The molecule has 0 aliphatic rings. The van der Waals surface area contributed by atoms with Gasteiger partial charge in [-0.05, 0) is 68.6 Å². The predicted octanol–water partition coefficient (Wildman–Crippen LogP) is 5.87. The Kier molecular flexibility index (Phi) is 7.76. The number of nitro groups is 1. The van der Waals surface area contributed by atoms with Gasteiger partial charge in [-0.25, -0.2) is 4.98 Å². The second kappa shape index (κ2) is 10.8. The monoisotopic (exact) mass is 632 g/mol. The highest BCUT2D eigenvalue weighted by atomic mass is 79.9. The van der Waals surface area contributed by atoms with Crippen molar-refractivity contribution in [2.75, 3.05) is 18.2 Å². The Labute approximate surface area is 226 Å². The molecule has 1 amide bonds. The minimum atomic E-state index is -0.527. The summed E-state index contributed by atoms with van der Waals surface area (Å²) in [7, 11) is 1.52. The number of hydrogen-bond donors (Lipinski definition) is 1. The quantitative estimate of drug-likeness (QED) is 0.117. The van der Waals surface area contributed by atoms with Gasteiger partial charge in [0.1, 0.15) is 5.75 Å². The highest BCUT2D eigenvalue weighted by Gasteiger charge is 2.20. The summed E-state index contributed by atoms with van der Waals surface area (Å²) in [5, 5.41) is 14.6. The first-order valence-electron chi connectivity index (χ1n) is 10.4. The summed E-state index contributed by atoms with van der Waals surface area (Å²) >= 11 is 7.62. The Balaban J connectivity index is 1.70. The molecule has 4 rings (SSSR count). The number of aromatic nitrogens is 2. The van der Waals surface area contributed by atoms with Crippen LogP contribution in [0.3, 0.4) is 0 Å². The lowest BCUT2D eigenvalue weighted by molar-refractivity contribution is -0.385. The minimum Gasteiger partial charge on any atom is -0.495 e. The number of anilines is 1. The Morgan fingerprint density at radius 1 is 1.17 bits per heavy atom. The second-order valence-electron chi connectivity index (χ2n) is 7.61. The lowest BCUT2D eigenvalue weighted by Crippen LogP contribution is -2.23. The van der Waals surface area contributed by atoms with Crippen molar-refractivity contribution in [3.8, 4) is 11.4 Å². The van der Waals surface area contributed by atoms with Crippen LogP contribution in [-0.4, -0.2) is 33.2 Å². The van der Waals surface area contributed by atoms with Crippen molar-refractivity contribution in [1.29, 1.82) is 0 Å². The zero-order valence-electron chi connectivity index (χ0n) is 19.0. The number of amides is 1. The maximum atomic E-state index is 13.5. The lowest BCUT2D eigenvalue weighted by Gasteiger charge is -2.16. The van der Waals surface area contributed by atoms with Gasteiger partial charge in [0.15, 0.2) is 5.16 Å². The first-order chi connectivity index (χ1) is 17.2. The number of halogens is 2. The topological polar surface area (TPSA) is 116 Å². The van der Waals surface area contributed by atoms with Gasteiger partial charge in [-0.15, -0.1) is 0 Å². The Morgan fingerprint density at radius 3 is 2.53 bits per heavy atom. The maximum absolute atomic E-state index is 13.5. The molecule has 36 heavy (non-hydrogen) atoms. The summed E-state index contributed by atoms with van der Waals surface area (Å²) in [4.78, 5) is 41.6. The number of nitro benzene ring substituents is 1. The molecule has 0 aliphatic heterocycles. The predicted molar refractivity (Wildman–Crippen MR) is 146 cm³/mol. The number of hydrogen-bond acceptors (Lipinski definition) is 7. The van der Waals surface area contributed by atoms with Crippen LogP contribution in [0, 0.1) is 17.0 Å². The number of methoxy groups -OCH3 is 1. The van der Waals surface area contributed by atoms with Gasteiger partial charge in [-0.2, -0.15) is 0 Å². The molecule has 0 unspecified atom stereocenters. The number of ether oxygens (including phenoxy) is 1. The van der Waals surface area contributed by atoms with Crippen LogP contribution >= 0.6 is 43.6 Å². The molecule has 4 aromatic rings. The van der Waals surface area contributed by atoms with E-state index in [1.54, 1.807) is 30.3 Å². The van der Waals surface area contributed by atoms with E-state index >= 15 is 0 Å². The zero-order chi connectivity index (χ0) is 26.0. The molecule has 0 radical (unpaired) electrons. The number of para-hydroxylation sites is 1. The molecular formula is C24H18Br2N4O5S. The summed E-state index contributed by atoms with van der Waals surface area (Å²) in [6, 6.07) is 15.1. The number of carbonyl (C=O) groups is 1. The maximum Gasteiger partial charge on any atom is 0.271 e. The summed E-state index contributed by atoms with van der Waals surface area (Å²) in [5.74, 6) is 0.0275. The Hall–Kier alpha value is -3.22. The van der Waals surface area contributed by atoms with Crippen LogP contribution in [-0.2, 0) is 4.79 Å². The summed E-state index contributed by atoms with van der Waals surface area (Å²) in [6.07, 6.45) is 0. The molecule has 3 aromatic carbocycles. The molecule has 0 saturated carbocycles. The first-order valence-corrected chi connectivity index (χ1v) is 13.0. The smallest absolute Gasteiger partial charge is 0.271 e. The number of nitrogens with zero attached hydrogens (tertiary/aromatic N) is 3. The number of thioether (sulfide) groups is 1. The van der Waals surface area contributed by atoms with Gasteiger partial charge in [-0.3, -0.25) is 24.3 Å². The molecule has 184 valence electrons. The molecule has 0 aliphatic carbocycles. The van der Waals surface area contributed by atoms with Crippen LogP contribution in [0.1, 0.15) is 5.56 Å². The Bertz CT molecular complexity index is 1550. The number of benzene rings is 3. The van der Waals surface area contributed by atoms with Crippen LogP contribution in [0.2, 0.25) is 0 Å². The number of fused-ring (bicyclic) bond motifs is 1. The fourth-order valence-corrected chi connectivity index (χ4v) is 5.65. The van der Waals surface area contributed by atoms with E-state index in [1.165, 1.54) is 23.8 Å². The van der Waals surface area contributed by atoms with Gasteiger partial charge in [0.05, 0.1) is 40.1 Å². The molecular weight excluding hydrogens is 616 g/mol. The van der Waals surface area contributed by atoms with E-state index in [-0.39, 0.29) is 22.9 Å². The van der Waals surface area contributed by atoms with Gasteiger partial charge in [-0.1, -0.05) is 30.0 Å². The molecule has 1 N–H and O–H groups in total. The number of rotatable bonds is 7. The molecule has 9 nitrogen and oxygen atoms in total. The third-order valence-electron chi connectivity index (χ3n) is 5.15. The van der Waals surface area contributed by atoms with Crippen molar-refractivity contribution in [1.82, 2.24) is 9.55 Å². The van der Waals surface area contributed by atoms with Gasteiger partial charge in [0.25, 0.3) is 11.2 Å². The van der Waals surface area contributed by atoms with Crippen molar-refractivity contribution in [2.24, 2.45) is 0 Å². The second-order valence-corrected chi connectivity index (χ2v) is 10.3. The molecule has 0 saturated heterocycles. The molecule has 0 fully saturated rings. The van der Waals surface area contributed by atoms with E-state index in [2.05, 4.69) is 42.2 Å². The first kappa shape index (κ1) is 25.9. The minimum absolute atomic E-state index is 0.0746. The third kappa shape index (κ3) is 5.30. The SMILES string of the molecule is COc1ccc(C)cc1-n1c(SCC(=O)Nc2c(Br)cc([N+](=O)[O-])cc2Br)nc2ccccc2c1=O. The largest absolute Gasteiger partial charge is 0.495 e. The average Bonchev–Trinajstić information content (AvgIpc) is 2.85. The zero-order valence-corrected chi connectivity index (χ0v) is 22.9.